The van der Waals surface area contributed by atoms with E-state index >= 15 is 0 Å². The molecule has 0 aliphatic heterocycles. The van der Waals surface area contributed by atoms with Crippen LogP contribution in [0.1, 0.15) is 41.5 Å². The maximum Gasteiger partial charge on any atom is 0.0142 e. The number of fused-ring (bicyclic) bond motifs is 5. The van der Waals surface area contributed by atoms with Gasteiger partial charge >= 0.3 is 0 Å². The Labute approximate surface area is 166 Å². The summed E-state index contributed by atoms with van der Waals surface area (Å²) in [4.78, 5) is 0. The predicted octanol–water partition coefficient (Wildman–Crippen LogP) is 7.09. The third-order valence-corrected chi connectivity index (χ3v) is 6.64. The van der Waals surface area contributed by atoms with Crippen LogP contribution in [0.25, 0.3) is 17.2 Å². The van der Waals surface area contributed by atoms with Crippen molar-refractivity contribution in [3.05, 3.63) is 123 Å². The highest BCUT2D eigenvalue weighted by molar-refractivity contribution is 5.80. The lowest BCUT2D eigenvalue weighted by atomic mass is 9.82. The minimum Gasteiger partial charge on any atom is -0.0619 e. The van der Waals surface area contributed by atoms with E-state index in [1.807, 2.05) is 0 Å². The van der Waals surface area contributed by atoms with Gasteiger partial charge in [0.15, 0.2) is 0 Å². The van der Waals surface area contributed by atoms with E-state index in [4.69, 9.17) is 0 Å². The molecule has 0 spiro atoms. The van der Waals surface area contributed by atoms with Crippen LogP contribution in [0.4, 0.5) is 0 Å². The summed E-state index contributed by atoms with van der Waals surface area (Å²) in [6, 6.07) is 26.7. The van der Waals surface area contributed by atoms with Crippen molar-refractivity contribution >= 4 is 6.08 Å². The monoisotopic (exact) mass is 358 g/mol. The molecule has 3 aromatic rings. The van der Waals surface area contributed by atoms with Gasteiger partial charge in [0, 0.05) is 5.92 Å². The Bertz CT molecular complexity index is 1170. The second kappa shape index (κ2) is 5.94. The van der Waals surface area contributed by atoms with Gasteiger partial charge in [-0.25, -0.2) is 0 Å². The summed E-state index contributed by atoms with van der Waals surface area (Å²) in [6.45, 7) is 2.29. The summed E-state index contributed by atoms with van der Waals surface area (Å²) in [7, 11) is 0. The lowest BCUT2D eigenvalue weighted by Crippen LogP contribution is -2.05. The Hall–Kier alpha value is -3.12. The topological polar surface area (TPSA) is 0 Å². The van der Waals surface area contributed by atoms with E-state index in [1.54, 1.807) is 0 Å². The second-order valence-corrected chi connectivity index (χ2v) is 8.20. The number of hydrogen-bond donors (Lipinski definition) is 0. The van der Waals surface area contributed by atoms with Crippen LogP contribution in [-0.2, 0) is 6.42 Å². The summed E-state index contributed by atoms with van der Waals surface area (Å²) < 4.78 is 0. The molecule has 3 aromatic carbocycles. The van der Waals surface area contributed by atoms with E-state index in [0.717, 1.165) is 12.8 Å². The predicted molar refractivity (Wildman–Crippen MR) is 117 cm³/mol. The first-order valence-corrected chi connectivity index (χ1v) is 10.2. The zero-order valence-corrected chi connectivity index (χ0v) is 16.1. The second-order valence-electron chi connectivity index (χ2n) is 8.20. The molecular formula is C28H22. The van der Waals surface area contributed by atoms with Crippen molar-refractivity contribution in [1.82, 2.24) is 0 Å². The molecule has 0 bridgehead atoms. The van der Waals surface area contributed by atoms with Crippen LogP contribution in [0, 0.1) is 0 Å². The van der Waals surface area contributed by atoms with Crippen molar-refractivity contribution in [2.24, 2.45) is 0 Å². The fourth-order valence-electron chi connectivity index (χ4n) is 5.31. The van der Waals surface area contributed by atoms with Crippen LogP contribution in [-0.4, -0.2) is 0 Å². The summed E-state index contributed by atoms with van der Waals surface area (Å²) in [5.74, 6) is 0.447. The van der Waals surface area contributed by atoms with Gasteiger partial charge in [0.05, 0.1) is 0 Å². The molecular weight excluding hydrogens is 336 g/mol. The van der Waals surface area contributed by atoms with Crippen molar-refractivity contribution in [2.75, 3.05) is 0 Å². The van der Waals surface area contributed by atoms with Crippen LogP contribution in [0.5, 0.6) is 0 Å². The molecule has 0 radical (unpaired) electrons. The molecule has 0 saturated carbocycles. The first-order valence-electron chi connectivity index (χ1n) is 10.2. The summed E-state index contributed by atoms with van der Waals surface area (Å²) in [5.41, 5.74) is 14.5. The van der Waals surface area contributed by atoms with Gasteiger partial charge in [0.2, 0.25) is 0 Å². The highest BCUT2D eigenvalue weighted by Crippen LogP contribution is 2.50. The van der Waals surface area contributed by atoms with Crippen molar-refractivity contribution < 1.29 is 0 Å². The molecule has 3 aliphatic rings. The fraction of sp³-hybridized carbons (Fsp3) is 0.143. The molecule has 0 atom stereocenters. The van der Waals surface area contributed by atoms with Crippen LogP contribution in [0.2, 0.25) is 0 Å². The van der Waals surface area contributed by atoms with Gasteiger partial charge < -0.3 is 0 Å². The molecule has 0 unspecified atom stereocenters. The largest absolute Gasteiger partial charge is 0.0619 e. The Morgan fingerprint density at radius 3 is 2.14 bits per heavy atom. The van der Waals surface area contributed by atoms with Crippen LogP contribution >= 0.6 is 0 Å². The van der Waals surface area contributed by atoms with Gasteiger partial charge in [-0.05, 0) is 81.5 Å². The average Bonchev–Trinajstić information content (AvgIpc) is 3.21. The Morgan fingerprint density at radius 1 is 0.750 bits per heavy atom. The number of rotatable bonds is 2. The minimum absolute atomic E-state index is 0.447. The van der Waals surface area contributed by atoms with E-state index in [2.05, 4.69) is 91.9 Å². The Morgan fingerprint density at radius 2 is 1.39 bits per heavy atom. The van der Waals surface area contributed by atoms with Gasteiger partial charge in [-0.2, -0.15) is 0 Å². The maximum absolute atomic E-state index is 2.42. The molecule has 0 heteroatoms. The summed E-state index contributed by atoms with van der Waals surface area (Å²) in [6.07, 6.45) is 6.97. The van der Waals surface area contributed by atoms with Gasteiger partial charge in [0.1, 0.15) is 0 Å². The van der Waals surface area contributed by atoms with Gasteiger partial charge in [-0.15, -0.1) is 0 Å². The van der Waals surface area contributed by atoms with Crippen molar-refractivity contribution in [3.8, 4) is 11.1 Å². The Balaban J connectivity index is 1.44. The molecule has 6 rings (SSSR count). The van der Waals surface area contributed by atoms with Crippen molar-refractivity contribution in [1.29, 1.82) is 0 Å². The molecule has 0 aromatic heterocycles. The van der Waals surface area contributed by atoms with Gasteiger partial charge in [0.25, 0.3) is 0 Å². The Kier molecular flexibility index (Phi) is 3.37. The molecule has 0 nitrogen and oxygen atoms in total. The third kappa shape index (κ3) is 2.24. The molecule has 0 heterocycles. The van der Waals surface area contributed by atoms with Crippen LogP contribution in [0.3, 0.4) is 0 Å². The van der Waals surface area contributed by atoms with Crippen molar-refractivity contribution in [3.63, 3.8) is 0 Å². The van der Waals surface area contributed by atoms with E-state index in [0.29, 0.717) is 5.92 Å². The van der Waals surface area contributed by atoms with Crippen molar-refractivity contribution in [2.45, 2.75) is 25.7 Å². The van der Waals surface area contributed by atoms with E-state index < -0.39 is 0 Å². The molecule has 134 valence electrons. The highest BCUT2D eigenvalue weighted by atomic mass is 14.4. The maximum atomic E-state index is 2.42. The smallest absolute Gasteiger partial charge is 0.0142 e. The minimum atomic E-state index is 0.447. The van der Waals surface area contributed by atoms with Gasteiger partial charge in [-0.1, -0.05) is 78.9 Å². The number of benzene rings is 3. The summed E-state index contributed by atoms with van der Waals surface area (Å²) >= 11 is 0. The third-order valence-electron chi connectivity index (χ3n) is 6.64. The molecule has 0 saturated heterocycles. The summed E-state index contributed by atoms with van der Waals surface area (Å²) in [5, 5.41) is 0. The number of hydrogen-bond acceptors (Lipinski definition) is 0. The molecule has 3 aliphatic carbocycles. The zero-order chi connectivity index (χ0) is 18.7. The normalized spacial score (nSPS) is 16.9. The quantitative estimate of drug-likeness (QED) is 0.459. The molecule has 0 fully saturated rings. The average molecular weight is 358 g/mol. The lowest BCUT2D eigenvalue weighted by molar-refractivity contribution is 0.820. The molecule has 0 amide bonds. The lowest BCUT2D eigenvalue weighted by Gasteiger charge is -2.21. The number of allylic oxidation sites excluding steroid dienone is 5. The zero-order valence-electron chi connectivity index (χ0n) is 16.1. The van der Waals surface area contributed by atoms with E-state index in [1.165, 1.54) is 55.7 Å². The SMILES string of the molecule is CC1=C(CC2c3ccccc3-c3ccccc32)C2=Cc3ccccc3CC2=C1. The fourth-order valence-corrected chi connectivity index (χ4v) is 5.31. The molecule has 28 heavy (non-hydrogen) atoms. The first kappa shape index (κ1) is 15.9. The molecule has 0 N–H and O–H groups in total. The van der Waals surface area contributed by atoms with Crippen LogP contribution in [0.15, 0.2) is 101 Å². The van der Waals surface area contributed by atoms with E-state index in [9.17, 15) is 0 Å². The standard InChI is InChI=1S/C28H22/c1-18-14-21-15-19-8-2-3-9-20(19)16-27(21)26(18)17-28-24-12-6-4-10-22(24)23-11-5-7-13-25(23)28/h2-14,16,28H,15,17H2,1H3. The van der Waals surface area contributed by atoms with Crippen LogP contribution < -0.4 is 0 Å². The first-order chi connectivity index (χ1) is 13.8. The van der Waals surface area contributed by atoms with E-state index in [-0.39, 0.29) is 0 Å². The van der Waals surface area contributed by atoms with Gasteiger partial charge in [-0.3, -0.25) is 0 Å². The highest BCUT2D eigenvalue weighted by Gasteiger charge is 2.32.